The summed E-state index contributed by atoms with van der Waals surface area (Å²) in [6.45, 7) is 0.950. The number of anilines is 1. The fraction of sp³-hybridized carbons (Fsp3) is 0.316. The number of benzene rings is 2. The van der Waals surface area contributed by atoms with Crippen LogP contribution in [0.3, 0.4) is 0 Å². The molecule has 0 heterocycles. The van der Waals surface area contributed by atoms with Crippen molar-refractivity contribution < 1.29 is 19.0 Å². The van der Waals surface area contributed by atoms with Crippen LogP contribution in [0.1, 0.15) is 12.0 Å². The van der Waals surface area contributed by atoms with Crippen LogP contribution in [0.2, 0.25) is 5.02 Å². The van der Waals surface area contributed by atoms with Crippen LogP contribution in [0, 0.1) is 0 Å². The molecule has 2 N–H and O–H groups in total. The van der Waals surface area contributed by atoms with Crippen LogP contribution >= 0.6 is 11.6 Å². The van der Waals surface area contributed by atoms with Gasteiger partial charge in [-0.2, -0.15) is 0 Å². The van der Waals surface area contributed by atoms with Gasteiger partial charge in [0.15, 0.2) is 11.5 Å². The van der Waals surface area contributed by atoms with Gasteiger partial charge in [-0.1, -0.05) is 23.7 Å². The maximum absolute atomic E-state index is 12.0. The second-order valence-electron chi connectivity index (χ2n) is 5.49. The number of rotatable bonds is 9. The molecule has 0 saturated heterocycles. The molecule has 6 nitrogen and oxygen atoms in total. The molecule has 2 rings (SSSR count). The molecule has 140 valence electrons. The molecule has 2 aromatic rings. The Hall–Kier alpha value is -2.60. The first-order chi connectivity index (χ1) is 12.6. The Kier molecular flexibility index (Phi) is 7.41. The molecule has 0 saturated carbocycles. The summed E-state index contributed by atoms with van der Waals surface area (Å²) in [6, 6.07) is 11.0. The fourth-order valence-corrected chi connectivity index (χ4v) is 2.52. The molecular formula is C19H23ClN2O4. The van der Waals surface area contributed by atoms with Crippen molar-refractivity contribution in [3.8, 4) is 17.2 Å². The maximum atomic E-state index is 12.0. The van der Waals surface area contributed by atoms with E-state index in [0.717, 1.165) is 11.3 Å². The second kappa shape index (κ2) is 9.77. The Morgan fingerprint density at radius 3 is 2.15 bits per heavy atom. The van der Waals surface area contributed by atoms with E-state index in [1.165, 1.54) is 0 Å². The summed E-state index contributed by atoms with van der Waals surface area (Å²) in [5, 5.41) is 6.74. The topological polar surface area (TPSA) is 68.8 Å². The van der Waals surface area contributed by atoms with E-state index in [2.05, 4.69) is 10.6 Å². The minimum absolute atomic E-state index is 0.0418. The Morgan fingerprint density at radius 2 is 1.62 bits per heavy atom. The van der Waals surface area contributed by atoms with E-state index >= 15 is 0 Å². The van der Waals surface area contributed by atoms with Gasteiger partial charge in [0.1, 0.15) is 0 Å². The van der Waals surface area contributed by atoms with E-state index < -0.39 is 0 Å². The Balaban J connectivity index is 1.84. The van der Waals surface area contributed by atoms with E-state index in [1.54, 1.807) is 45.6 Å². The van der Waals surface area contributed by atoms with Crippen molar-refractivity contribution in [3.05, 3.63) is 47.0 Å². The quantitative estimate of drug-likeness (QED) is 0.699. The lowest BCUT2D eigenvalue weighted by molar-refractivity contribution is -0.121. The number of amides is 1. The Labute approximate surface area is 158 Å². The molecule has 0 bridgehead atoms. The maximum Gasteiger partial charge on any atom is 0.222 e. The van der Waals surface area contributed by atoms with Crippen molar-refractivity contribution >= 4 is 23.2 Å². The van der Waals surface area contributed by atoms with E-state index in [0.29, 0.717) is 41.8 Å². The summed E-state index contributed by atoms with van der Waals surface area (Å²) in [4.78, 5) is 12.0. The van der Waals surface area contributed by atoms with Crippen molar-refractivity contribution in [2.24, 2.45) is 0 Å². The molecule has 26 heavy (non-hydrogen) atoms. The normalized spacial score (nSPS) is 10.2. The number of hydrogen-bond acceptors (Lipinski definition) is 5. The zero-order valence-electron chi connectivity index (χ0n) is 15.1. The lowest BCUT2D eigenvalue weighted by Crippen LogP contribution is -2.24. The van der Waals surface area contributed by atoms with E-state index in [9.17, 15) is 4.79 Å². The van der Waals surface area contributed by atoms with Crippen molar-refractivity contribution in [2.45, 2.75) is 13.0 Å². The minimum atomic E-state index is -0.0418. The first-order valence-corrected chi connectivity index (χ1v) is 8.50. The molecule has 0 spiro atoms. The predicted molar refractivity (Wildman–Crippen MR) is 103 cm³/mol. The number of nitrogens with one attached hydrogen (secondary N) is 2. The van der Waals surface area contributed by atoms with Gasteiger partial charge < -0.3 is 24.8 Å². The average molecular weight is 379 g/mol. The molecule has 7 heteroatoms. The molecule has 0 aromatic heterocycles. The van der Waals surface area contributed by atoms with Crippen LogP contribution in [0.4, 0.5) is 5.69 Å². The van der Waals surface area contributed by atoms with Crippen LogP contribution in [0.25, 0.3) is 0 Å². The van der Waals surface area contributed by atoms with Crippen molar-refractivity contribution in [1.82, 2.24) is 5.32 Å². The van der Waals surface area contributed by atoms with Crippen molar-refractivity contribution in [3.63, 3.8) is 0 Å². The summed E-state index contributed by atoms with van der Waals surface area (Å²) in [5.74, 6) is 1.60. The van der Waals surface area contributed by atoms with E-state index in [4.69, 9.17) is 25.8 Å². The zero-order valence-corrected chi connectivity index (χ0v) is 15.9. The van der Waals surface area contributed by atoms with Gasteiger partial charge >= 0.3 is 0 Å². The van der Waals surface area contributed by atoms with Gasteiger partial charge in [0.05, 0.1) is 21.3 Å². The van der Waals surface area contributed by atoms with Gasteiger partial charge in [0.25, 0.3) is 0 Å². The van der Waals surface area contributed by atoms with Crippen LogP contribution in [-0.2, 0) is 11.3 Å². The lowest BCUT2D eigenvalue weighted by atomic mass is 10.2. The number of halogens is 1. The SMILES string of the molecule is COc1cc(NCCC(=O)NCc2ccc(Cl)cc2)cc(OC)c1OC. The van der Waals surface area contributed by atoms with Crippen molar-refractivity contribution in [1.29, 1.82) is 0 Å². The lowest BCUT2D eigenvalue weighted by Gasteiger charge is -2.15. The van der Waals surface area contributed by atoms with Gasteiger partial charge in [0, 0.05) is 42.4 Å². The highest BCUT2D eigenvalue weighted by molar-refractivity contribution is 6.30. The van der Waals surface area contributed by atoms with Gasteiger partial charge in [-0.15, -0.1) is 0 Å². The second-order valence-corrected chi connectivity index (χ2v) is 5.93. The summed E-state index contributed by atoms with van der Waals surface area (Å²) >= 11 is 5.84. The molecule has 0 radical (unpaired) electrons. The summed E-state index contributed by atoms with van der Waals surface area (Å²) in [6.07, 6.45) is 0.338. The smallest absolute Gasteiger partial charge is 0.222 e. The summed E-state index contributed by atoms with van der Waals surface area (Å²) in [5.41, 5.74) is 1.78. The predicted octanol–water partition coefficient (Wildman–Crippen LogP) is 3.48. The molecular weight excluding hydrogens is 356 g/mol. The highest BCUT2D eigenvalue weighted by Gasteiger charge is 2.13. The Bertz CT molecular complexity index is 710. The van der Waals surface area contributed by atoms with Crippen molar-refractivity contribution in [2.75, 3.05) is 33.2 Å². The molecule has 0 aliphatic rings. The third-order valence-corrected chi connectivity index (χ3v) is 4.00. The first-order valence-electron chi connectivity index (χ1n) is 8.12. The average Bonchev–Trinajstić information content (AvgIpc) is 2.66. The van der Waals surface area contributed by atoms with E-state index in [1.807, 2.05) is 12.1 Å². The monoisotopic (exact) mass is 378 g/mol. The van der Waals surface area contributed by atoms with Crippen LogP contribution in [0.15, 0.2) is 36.4 Å². The van der Waals surface area contributed by atoms with Crippen LogP contribution in [-0.4, -0.2) is 33.8 Å². The van der Waals surface area contributed by atoms with Crippen LogP contribution in [0.5, 0.6) is 17.2 Å². The molecule has 0 fully saturated rings. The summed E-state index contributed by atoms with van der Waals surface area (Å²) in [7, 11) is 4.68. The van der Waals surface area contributed by atoms with Gasteiger partial charge in [0.2, 0.25) is 11.7 Å². The molecule has 0 aliphatic carbocycles. The largest absolute Gasteiger partial charge is 0.493 e. The third kappa shape index (κ3) is 5.46. The molecule has 1 amide bonds. The minimum Gasteiger partial charge on any atom is -0.493 e. The van der Waals surface area contributed by atoms with Crippen LogP contribution < -0.4 is 24.8 Å². The number of hydrogen-bond donors (Lipinski definition) is 2. The fourth-order valence-electron chi connectivity index (χ4n) is 2.39. The highest BCUT2D eigenvalue weighted by Crippen LogP contribution is 2.39. The van der Waals surface area contributed by atoms with Gasteiger partial charge in [-0.25, -0.2) is 0 Å². The molecule has 0 atom stereocenters. The Morgan fingerprint density at radius 1 is 1.00 bits per heavy atom. The number of methoxy groups -OCH3 is 3. The van der Waals surface area contributed by atoms with Gasteiger partial charge in [-0.3, -0.25) is 4.79 Å². The number of carbonyl (C=O) groups is 1. The molecule has 0 unspecified atom stereocenters. The van der Waals surface area contributed by atoms with Gasteiger partial charge in [-0.05, 0) is 17.7 Å². The standard InChI is InChI=1S/C19H23ClN2O4/c1-24-16-10-15(11-17(25-2)19(16)26-3)21-9-8-18(23)22-12-13-4-6-14(20)7-5-13/h4-7,10-11,21H,8-9,12H2,1-3H3,(H,22,23). The first kappa shape index (κ1) is 19.7. The van der Waals surface area contributed by atoms with E-state index in [-0.39, 0.29) is 5.91 Å². The third-order valence-electron chi connectivity index (χ3n) is 3.75. The highest BCUT2D eigenvalue weighted by atomic mass is 35.5. The molecule has 0 aliphatic heterocycles. The number of ether oxygens (including phenoxy) is 3. The summed E-state index contributed by atoms with van der Waals surface area (Å²) < 4.78 is 15.9. The zero-order chi connectivity index (χ0) is 18.9. The number of carbonyl (C=O) groups excluding carboxylic acids is 1. The molecule has 2 aromatic carbocycles.